The molecule has 0 spiro atoms. The number of amides is 1. The van der Waals surface area contributed by atoms with Crippen LogP contribution in [0.15, 0.2) is 0 Å². The van der Waals surface area contributed by atoms with Crippen molar-refractivity contribution in [1.82, 2.24) is 10.2 Å². The normalized spacial score (nSPS) is 17.6. The van der Waals surface area contributed by atoms with Crippen LogP contribution < -0.4 is 10.1 Å². The molecule has 2 rings (SSSR count). The first kappa shape index (κ1) is 9.50. The maximum Gasteiger partial charge on any atom is 0.357 e. The number of carboxylic acid groups (broad SMARTS) is 1. The summed E-state index contributed by atoms with van der Waals surface area (Å²) < 4.78 is 5.28. The van der Waals surface area contributed by atoms with Gasteiger partial charge in [-0.25, -0.2) is 4.79 Å². The van der Waals surface area contributed by atoms with Crippen LogP contribution in [-0.4, -0.2) is 32.8 Å². The number of carbonyl (C=O) groups is 2. The summed E-state index contributed by atoms with van der Waals surface area (Å²) in [5, 5.41) is 17.2. The predicted octanol–water partition coefficient (Wildman–Crippen LogP) is 0.217. The third-order valence-corrected chi connectivity index (χ3v) is 2.07. The third-order valence-electron chi connectivity index (χ3n) is 2.07. The Balaban J connectivity index is 2.49. The summed E-state index contributed by atoms with van der Waals surface area (Å²) in [6, 6.07) is 0. The second-order valence-electron chi connectivity index (χ2n) is 3.65. The molecule has 7 heteroatoms. The minimum absolute atomic E-state index is 0.0621. The minimum Gasteiger partial charge on any atom is -0.476 e. The molecule has 0 fully saturated rings. The molecule has 0 bridgehead atoms. The SMILES string of the molecule is CC1(C)Oc2c(n[nH]c2C(=O)O)NC1=O. The molecule has 3 N–H and O–H groups in total. The van der Waals surface area contributed by atoms with Crippen LogP contribution in [-0.2, 0) is 4.79 Å². The van der Waals surface area contributed by atoms with Crippen molar-refractivity contribution in [2.75, 3.05) is 5.32 Å². The summed E-state index contributed by atoms with van der Waals surface area (Å²) in [7, 11) is 0. The summed E-state index contributed by atoms with van der Waals surface area (Å²) in [6.45, 7) is 3.09. The Kier molecular flexibility index (Phi) is 1.72. The van der Waals surface area contributed by atoms with Crippen LogP contribution in [0.4, 0.5) is 5.82 Å². The first-order valence-corrected chi connectivity index (χ1v) is 4.24. The molecule has 0 aromatic carbocycles. The van der Waals surface area contributed by atoms with Crippen molar-refractivity contribution in [3.05, 3.63) is 5.69 Å². The minimum atomic E-state index is -1.18. The second-order valence-corrected chi connectivity index (χ2v) is 3.65. The van der Waals surface area contributed by atoms with Crippen molar-refractivity contribution < 1.29 is 19.4 Å². The fourth-order valence-corrected chi connectivity index (χ4v) is 1.22. The van der Waals surface area contributed by atoms with E-state index in [0.717, 1.165) is 0 Å². The van der Waals surface area contributed by atoms with Gasteiger partial charge in [0.05, 0.1) is 0 Å². The zero-order valence-corrected chi connectivity index (χ0v) is 8.12. The molecule has 1 aromatic rings. The number of aromatic nitrogens is 2. The number of carbonyl (C=O) groups excluding carboxylic acids is 1. The van der Waals surface area contributed by atoms with Crippen molar-refractivity contribution >= 4 is 17.7 Å². The van der Waals surface area contributed by atoms with Crippen molar-refractivity contribution in [3.63, 3.8) is 0 Å². The number of hydrogen-bond donors (Lipinski definition) is 3. The fraction of sp³-hybridized carbons (Fsp3) is 0.375. The average Bonchev–Trinajstić information content (AvgIpc) is 2.47. The van der Waals surface area contributed by atoms with E-state index in [4.69, 9.17) is 9.84 Å². The number of aromatic carboxylic acids is 1. The largest absolute Gasteiger partial charge is 0.476 e. The molecule has 0 saturated carbocycles. The molecule has 15 heavy (non-hydrogen) atoms. The summed E-state index contributed by atoms with van der Waals surface area (Å²) >= 11 is 0. The Morgan fingerprint density at radius 3 is 2.80 bits per heavy atom. The standard InChI is InChI=1S/C8H9N3O4/c1-8(2)7(14)9-5-4(15-8)3(6(12)13)10-11-5/h1-2H3,(H,12,13)(H2,9,10,11,14). The fourth-order valence-electron chi connectivity index (χ4n) is 1.22. The summed E-state index contributed by atoms with van der Waals surface area (Å²) in [6.07, 6.45) is 0. The second kappa shape index (κ2) is 2.72. The van der Waals surface area contributed by atoms with Crippen LogP contribution in [0.2, 0.25) is 0 Å². The number of H-pyrrole nitrogens is 1. The van der Waals surface area contributed by atoms with Crippen LogP contribution >= 0.6 is 0 Å². The van der Waals surface area contributed by atoms with Crippen molar-refractivity contribution in [1.29, 1.82) is 0 Å². The average molecular weight is 211 g/mol. The summed E-state index contributed by atoms with van der Waals surface area (Å²) in [4.78, 5) is 22.2. The van der Waals surface area contributed by atoms with E-state index in [1.54, 1.807) is 13.8 Å². The Labute approximate surface area is 84.4 Å². The molecular formula is C8H9N3O4. The molecule has 0 saturated heterocycles. The van der Waals surface area contributed by atoms with Gasteiger partial charge in [0.25, 0.3) is 5.91 Å². The number of ether oxygens (including phenoxy) is 1. The van der Waals surface area contributed by atoms with Crippen LogP contribution in [0.25, 0.3) is 0 Å². The lowest BCUT2D eigenvalue weighted by molar-refractivity contribution is -0.129. The number of rotatable bonds is 1. The predicted molar refractivity (Wildman–Crippen MR) is 48.9 cm³/mol. The number of carboxylic acids is 1. The third kappa shape index (κ3) is 1.32. The highest BCUT2D eigenvalue weighted by atomic mass is 16.5. The van der Waals surface area contributed by atoms with E-state index in [2.05, 4.69) is 15.5 Å². The van der Waals surface area contributed by atoms with Crippen LogP contribution in [0.5, 0.6) is 5.75 Å². The van der Waals surface area contributed by atoms with E-state index in [1.807, 2.05) is 0 Å². The van der Waals surface area contributed by atoms with Gasteiger partial charge in [-0.05, 0) is 13.8 Å². The molecule has 1 aromatic heterocycles. The monoisotopic (exact) mass is 211 g/mol. The van der Waals surface area contributed by atoms with Gasteiger partial charge in [-0.1, -0.05) is 0 Å². The van der Waals surface area contributed by atoms with Crippen LogP contribution in [0, 0.1) is 0 Å². The Morgan fingerprint density at radius 1 is 1.53 bits per heavy atom. The van der Waals surface area contributed by atoms with E-state index in [9.17, 15) is 9.59 Å². The molecule has 2 heterocycles. The van der Waals surface area contributed by atoms with E-state index < -0.39 is 11.6 Å². The molecule has 7 nitrogen and oxygen atoms in total. The van der Waals surface area contributed by atoms with Crippen molar-refractivity contribution in [2.45, 2.75) is 19.4 Å². The maximum atomic E-state index is 11.4. The van der Waals surface area contributed by atoms with E-state index in [1.165, 1.54) is 0 Å². The highest BCUT2D eigenvalue weighted by Gasteiger charge is 2.39. The molecule has 1 aliphatic heterocycles. The lowest BCUT2D eigenvalue weighted by Gasteiger charge is -2.28. The molecule has 80 valence electrons. The Bertz CT molecular complexity index is 449. The zero-order chi connectivity index (χ0) is 11.2. The smallest absolute Gasteiger partial charge is 0.357 e. The van der Waals surface area contributed by atoms with E-state index in [-0.39, 0.29) is 23.2 Å². The van der Waals surface area contributed by atoms with Gasteiger partial charge in [-0.2, -0.15) is 5.10 Å². The van der Waals surface area contributed by atoms with Gasteiger partial charge in [0, 0.05) is 0 Å². The maximum absolute atomic E-state index is 11.4. The van der Waals surface area contributed by atoms with E-state index in [0.29, 0.717) is 0 Å². The summed E-state index contributed by atoms with van der Waals surface area (Å²) in [5.74, 6) is -1.38. The van der Waals surface area contributed by atoms with Gasteiger partial charge in [0.15, 0.2) is 22.9 Å². The Morgan fingerprint density at radius 2 is 2.20 bits per heavy atom. The molecule has 0 atom stereocenters. The van der Waals surface area contributed by atoms with Gasteiger partial charge in [0.2, 0.25) is 0 Å². The van der Waals surface area contributed by atoms with Gasteiger partial charge in [-0.15, -0.1) is 0 Å². The van der Waals surface area contributed by atoms with Gasteiger partial charge in [-0.3, -0.25) is 9.89 Å². The number of nitrogens with one attached hydrogen (secondary N) is 2. The molecule has 1 aliphatic rings. The molecule has 0 aliphatic carbocycles. The topological polar surface area (TPSA) is 104 Å². The first-order valence-electron chi connectivity index (χ1n) is 4.24. The quantitative estimate of drug-likeness (QED) is 0.616. The number of aromatic amines is 1. The molecule has 0 radical (unpaired) electrons. The Hall–Kier alpha value is -2.05. The van der Waals surface area contributed by atoms with Gasteiger partial charge in [0.1, 0.15) is 0 Å². The van der Waals surface area contributed by atoms with Gasteiger partial charge >= 0.3 is 5.97 Å². The number of anilines is 1. The van der Waals surface area contributed by atoms with E-state index >= 15 is 0 Å². The highest BCUT2D eigenvalue weighted by Crippen LogP contribution is 2.34. The number of hydrogen-bond acceptors (Lipinski definition) is 4. The van der Waals surface area contributed by atoms with Crippen LogP contribution in [0.1, 0.15) is 24.3 Å². The van der Waals surface area contributed by atoms with Crippen LogP contribution in [0.3, 0.4) is 0 Å². The molecular weight excluding hydrogens is 202 g/mol. The van der Waals surface area contributed by atoms with Gasteiger partial charge < -0.3 is 15.2 Å². The zero-order valence-electron chi connectivity index (χ0n) is 8.12. The summed E-state index contributed by atoms with van der Waals surface area (Å²) in [5.41, 5.74) is -1.26. The number of nitrogens with zero attached hydrogens (tertiary/aromatic N) is 1. The highest BCUT2D eigenvalue weighted by molar-refractivity contribution is 6.02. The lowest BCUT2D eigenvalue weighted by Crippen LogP contribution is -2.45. The number of fused-ring (bicyclic) bond motifs is 1. The molecule has 0 unspecified atom stereocenters. The molecule has 1 amide bonds. The van der Waals surface area contributed by atoms with Crippen molar-refractivity contribution in [3.8, 4) is 5.75 Å². The first-order chi connectivity index (χ1) is 6.92. The lowest BCUT2D eigenvalue weighted by atomic mass is 10.1. The van der Waals surface area contributed by atoms with Crippen molar-refractivity contribution in [2.24, 2.45) is 0 Å².